The van der Waals surface area contributed by atoms with Gasteiger partial charge in [-0.05, 0) is 18.2 Å². The lowest BCUT2D eigenvalue weighted by Crippen LogP contribution is -2.00. The lowest BCUT2D eigenvalue weighted by molar-refractivity contribution is 0.476. The summed E-state index contributed by atoms with van der Waals surface area (Å²) < 4.78 is 12.6. The quantitative estimate of drug-likeness (QED) is 0.809. The molecule has 4 nitrogen and oxygen atoms in total. The van der Waals surface area contributed by atoms with Crippen LogP contribution in [0.3, 0.4) is 0 Å². The van der Waals surface area contributed by atoms with E-state index in [1.54, 1.807) is 18.2 Å². The molecular weight excluding hydrogens is 209 g/mol. The average Bonchev–Trinajstić information content (AvgIpc) is 2.31. The first kappa shape index (κ1) is 10.4. The van der Waals surface area contributed by atoms with E-state index in [0.717, 1.165) is 0 Å². The van der Waals surface area contributed by atoms with E-state index in [2.05, 4.69) is 10.2 Å². The Labute approximate surface area is 91.6 Å². The first-order valence-corrected chi connectivity index (χ1v) is 4.69. The van der Waals surface area contributed by atoms with E-state index in [4.69, 9.17) is 5.73 Å². The summed E-state index contributed by atoms with van der Waals surface area (Å²) in [5, 5.41) is 17.1. The van der Waals surface area contributed by atoms with Crippen molar-refractivity contribution < 1.29 is 9.50 Å². The molecule has 0 fully saturated rings. The van der Waals surface area contributed by atoms with E-state index in [-0.39, 0.29) is 17.1 Å². The number of halogens is 1. The van der Waals surface area contributed by atoms with Gasteiger partial charge in [0.1, 0.15) is 12.4 Å². The second-order valence-corrected chi connectivity index (χ2v) is 3.29. The van der Waals surface area contributed by atoms with Crippen LogP contribution in [-0.4, -0.2) is 15.3 Å². The molecule has 0 atom stereocenters. The monoisotopic (exact) mass is 219 g/mol. The van der Waals surface area contributed by atoms with Crippen molar-refractivity contribution in [1.82, 2.24) is 10.2 Å². The number of para-hydroxylation sites is 1. The maximum absolute atomic E-state index is 12.6. The third-order valence-electron chi connectivity index (χ3n) is 2.23. The van der Waals surface area contributed by atoms with Crippen LogP contribution in [0.5, 0.6) is 5.75 Å². The molecule has 1 aromatic heterocycles. The molecule has 0 spiro atoms. The number of hydrogen-bond donors (Lipinski definition) is 2. The third kappa shape index (κ3) is 1.79. The molecule has 5 heteroatoms. The van der Waals surface area contributed by atoms with Crippen molar-refractivity contribution in [2.24, 2.45) is 0 Å². The molecule has 2 rings (SSSR count). The zero-order chi connectivity index (χ0) is 11.5. The van der Waals surface area contributed by atoms with Crippen molar-refractivity contribution in [2.75, 3.05) is 5.73 Å². The summed E-state index contributed by atoms with van der Waals surface area (Å²) in [4.78, 5) is 0. The minimum atomic E-state index is -0.706. The molecule has 0 radical (unpaired) electrons. The van der Waals surface area contributed by atoms with Gasteiger partial charge in [-0.15, -0.1) is 10.2 Å². The summed E-state index contributed by atoms with van der Waals surface area (Å²) >= 11 is 0. The number of anilines is 1. The van der Waals surface area contributed by atoms with E-state index < -0.39 is 6.67 Å². The number of nitrogens with two attached hydrogens (primary N) is 1. The topological polar surface area (TPSA) is 72.0 Å². The summed E-state index contributed by atoms with van der Waals surface area (Å²) in [5.74, 6) is 0.146. The molecule has 0 aliphatic rings. The maximum atomic E-state index is 12.6. The highest BCUT2D eigenvalue weighted by molar-refractivity contribution is 5.67. The fourth-order valence-corrected chi connectivity index (χ4v) is 1.37. The highest BCUT2D eigenvalue weighted by atomic mass is 19.1. The maximum Gasteiger partial charge on any atom is 0.151 e. The smallest absolute Gasteiger partial charge is 0.151 e. The first-order chi connectivity index (χ1) is 7.72. The van der Waals surface area contributed by atoms with Crippen LogP contribution in [0, 0.1) is 0 Å². The van der Waals surface area contributed by atoms with Crippen LogP contribution in [0.15, 0.2) is 30.3 Å². The summed E-state index contributed by atoms with van der Waals surface area (Å²) in [5.41, 5.74) is 6.62. The minimum Gasteiger partial charge on any atom is -0.507 e. The number of nitrogen functional groups attached to an aromatic ring is 1. The average molecular weight is 219 g/mol. The van der Waals surface area contributed by atoms with E-state index in [9.17, 15) is 9.50 Å². The van der Waals surface area contributed by atoms with Gasteiger partial charge in [-0.3, -0.25) is 0 Å². The lowest BCUT2D eigenvalue weighted by atomic mass is 10.1. The van der Waals surface area contributed by atoms with Crippen molar-refractivity contribution in [3.8, 4) is 17.0 Å². The largest absolute Gasteiger partial charge is 0.507 e. The Morgan fingerprint density at radius 3 is 2.69 bits per heavy atom. The Morgan fingerprint density at radius 2 is 2.00 bits per heavy atom. The van der Waals surface area contributed by atoms with Gasteiger partial charge in [0, 0.05) is 11.1 Å². The molecule has 0 saturated heterocycles. The number of aromatic nitrogens is 2. The van der Waals surface area contributed by atoms with Gasteiger partial charge >= 0.3 is 0 Å². The van der Waals surface area contributed by atoms with Crippen molar-refractivity contribution in [1.29, 1.82) is 0 Å². The zero-order valence-corrected chi connectivity index (χ0v) is 8.39. The Hall–Kier alpha value is -2.17. The van der Waals surface area contributed by atoms with Gasteiger partial charge in [-0.2, -0.15) is 0 Å². The molecule has 1 aromatic carbocycles. The summed E-state index contributed by atoms with van der Waals surface area (Å²) in [7, 11) is 0. The van der Waals surface area contributed by atoms with Crippen molar-refractivity contribution in [2.45, 2.75) is 6.67 Å². The molecule has 0 aliphatic heterocycles. The Kier molecular flexibility index (Phi) is 2.68. The molecule has 0 saturated carbocycles. The molecular formula is C11H10FN3O. The molecule has 16 heavy (non-hydrogen) atoms. The predicted molar refractivity (Wildman–Crippen MR) is 58.4 cm³/mol. The molecule has 0 amide bonds. The van der Waals surface area contributed by atoms with Gasteiger partial charge in [-0.25, -0.2) is 4.39 Å². The van der Waals surface area contributed by atoms with Crippen LogP contribution in [-0.2, 0) is 6.67 Å². The van der Waals surface area contributed by atoms with E-state index in [0.29, 0.717) is 11.3 Å². The summed E-state index contributed by atoms with van der Waals surface area (Å²) in [6.45, 7) is -0.706. The summed E-state index contributed by atoms with van der Waals surface area (Å²) in [6.07, 6.45) is 0. The lowest BCUT2D eigenvalue weighted by Gasteiger charge is -2.05. The Balaban J connectivity index is 2.53. The van der Waals surface area contributed by atoms with Crippen LogP contribution in [0.1, 0.15) is 5.56 Å². The van der Waals surface area contributed by atoms with Crippen LogP contribution >= 0.6 is 0 Å². The number of benzene rings is 1. The third-order valence-corrected chi connectivity index (χ3v) is 2.23. The van der Waals surface area contributed by atoms with Crippen LogP contribution < -0.4 is 5.73 Å². The number of alkyl halides is 1. The van der Waals surface area contributed by atoms with Gasteiger partial charge in [0.2, 0.25) is 0 Å². The highest BCUT2D eigenvalue weighted by Crippen LogP contribution is 2.27. The van der Waals surface area contributed by atoms with Gasteiger partial charge in [0.15, 0.2) is 5.82 Å². The van der Waals surface area contributed by atoms with Crippen LogP contribution in [0.4, 0.5) is 10.2 Å². The van der Waals surface area contributed by atoms with Crippen molar-refractivity contribution in [3.05, 3.63) is 35.9 Å². The fraction of sp³-hybridized carbons (Fsp3) is 0.0909. The second-order valence-electron chi connectivity index (χ2n) is 3.29. The fourth-order valence-electron chi connectivity index (χ4n) is 1.37. The minimum absolute atomic E-state index is 0.0710. The standard InChI is InChI=1S/C11H10FN3O/c12-6-7-5-9(14-15-11(7)13)8-3-1-2-4-10(8)16/h1-5,16H,6H2,(H2,13,15). The molecule has 2 aromatic rings. The number of phenolic OH excluding ortho intramolecular Hbond substituents is 1. The number of nitrogens with zero attached hydrogens (tertiary/aromatic N) is 2. The van der Waals surface area contributed by atoms with E-state index in [1.807, 2.05) is 0 Å². The number of hydrogen-bond acceptors (Lipinski definition) is 4. The van der Waals surface area contributed by atoms with Gasteiger partial charge in [0.25, 0.3) is 0 Å². The predicted octanol–water partition coefficient (Wildman–Crippen LogP) is 1.90. The Bertz CT molecular complexity index is 516. The highest BCUT2D eigenvalue weighted by Gasteiger charge is 2.08. The Morgan fingerprint density at radius 1 is 1.25 bits per heavy atom. The molecule has 0 unspecified atom stereocenters. The first-order valence-electron chi connectivity index (χ1n) is 4.69. The molecule has 0 aliphatic carbocycles. The van der Waals surface area contributed by atoms with Gasteiger partial charge in [-0.1, -0.05) is 12.1 Å². The van der Waals surface area contributed by atoms with Crippen LogP contribution in [0.2, 0.25) is 0 Å². The normalized spacial score (nSPS) is 10.3. The SMILES string of the molecule is Nc1nnc(-c2ccccc2O)cc1CF. The van der Waals surface area contributed by atoms with Crippen molar-refractivity contribution in [3.63, 3.8) is 0 Å². The summed E-state index contributed by atoms with van der Waals surface area (Å²) in [6, 6.07) is 8.14. The van der Waals surface area contributed by atoms with Crippen LogP contribution in [0.25, 0.3) is 11.3 Å². The van der Waals surface area contributed by atoms with E-state index in [1.165, 1.54) is 12.1 Å². The molecule has 1 heterocycles. The van der Waals surface area contributed by atoms with E-state index >= 15 is 0 Å². The molecule has 0 bridgehead atoms. The van der Waals surface area contributed by atoms with Gasteiger partial charge < -0.3 is 10.8 Å². The number of rotatable bonds is 2. The number of phenols is 1. The van der Waals surface area contributed by atoms with Crippen molar-refractivity contribution >= 4 is 5.82 Å². The molecule has 82 valence electrons. The zero-order valence-electron chi connectivity index (χ0n) is 8.39. The van der Waals surface area contributed by atoms with Gasteiger partial charge in [0.05, 0.1) is 5.69 Å². The molecule has 3 N–H and O–H groups in total. The second kappa shape index (κ2) is 4.14. The number of aromatic hydroxyl groups is 1.